The van der Waals surface area contributed by atoms with Crippen LogP contribution in [0.2, 0.25) is 0 Å². The minimum Gasteiger partial charge on any atom is -0.466 e. The molecule has 0 bridgehead atoms. The zero-order chi connectivity index (χ0) is 20.8. The van der Waals surface area contributed by atoms with E-state index >= 15 is 0 Å². The number of carbonyl (C=O) groups excluding carboxylic acids is 2. The number of ether oxygens (including phenoxy) is 1. The van der Waals surface area contributed by atoms with Crippen LogP contribution < -0.4 is 10.2 Å². The van der Waals surface area contributed by atoms with E-state index in [-0.39, 0.29) is 23.5 Å². The van der Waals surface area contributed by atoms with Gasteiger partial charge in [-0.2, -0.15) is 5.10 Å². The third-order valence-electron chi connectivity index (χ3n) is 4.61. The first-order valence-electron chi connectivity index (χ1n) is 9.21. The summed E-state index contributed by atoms with van der Waals surface area (Å²) in [5, 5.41) is 22.1. The second-order valence-corrected chi connectivity index (χ2v) is 7.46. The highest BCUT2D eigenvalue weighted by Crippen LogP contribution is 2.29. The molecule has 2 aliphatic heterocycles. The largest absolute Gasteiger partial charge is 0.466 e. The van der Waals surface area contributed by atoms with Gasteiger partial charge in [0.1, 0.15) is 0 Å². The molecule has 29 heavy (non-hydrogen) atoms. The molecule has 0 radical (unpaired) electrons. The van der Waals surface area contributed by atoms with Crippen LogP contribution >= 0.6 is 11.8 Å². The summed E-state index contributed by atoms with van der Waals surface area (Å²) in [6, 6.07) is 4.57. The van der Waals surface area contributed by atoms with Gasteiger partial charge >= 0.3 is 5.97 Å². The average Bonchev–Trinajstić information content (AvgIpc) is 3.13. The predicted octanol–water partition coefficient (Wildman–Crippen LogP) is 1.93. The third-order valence-corrected chi connectivity index (χ3v) is 5.47. The number of carbonyl (C=O) groups is 2. The molecule has 0 aromatic heterocycles. The number of thioether (sulfide) groups is 1. The number of anilines is 1. The Kier molecular flexibility index (Phi) is 6.81. The molecule has 0 spiro atoms. The predicted molar refractivity (Wildman–Crippen MR) is 110 cm³/mol. The van der Waals surface area contributed by atoms with Crippen molar-refractivity contribution >= 4 is 46.4 Å². The lowest BCUT2D eigenvalue weighted by Gasteiger charge is -2.33. The summed E-state index contributed by atoms with van der Waals surface area (Å²) in [5.41, 5.74) is 1.28. The zero-order valence-electron chi connectivity index (χ0n) is 15.9. The smallest absolute Gasteiger partial charge is 0.309 e. The van der Waals surface area contributed by atoms with Gasteiger partial charge in [0.2, 0.25) is 5.91 Å². The zero-order valence-corrected chi connectivity index (χ0v) is 16.7. The van der Waals surface area contributed by atoms with Gasteiger partial charge in [-0.05, 0) is 25.8 Å². The van der Waals surface area contributed by atoms with Crippen molar-refractivity contribution in [3.8, 4) is 0 Å². The lowest BCUT2D eigenvalue weighted by Crippen LogP contribution is -2.37. The van der Waals surface area contributed by atoms with Crippen molar-refractivity contribution in [3.63, 3.8) is 0 Å². The highest BCUT2D eigenvalue weighted by atomic mass is 32.2. The number of amides is 1. The molecule has 2 aliphatic rings. The number of hydrogen-bond acceptors (Lipinski definition) is 9. The van der Waals surface area contributed by atoms with Crippen molar-refractivity contribution < 1.29 is 19.2 Å². The summed E-state index contributed by atoms with van der Waals surface area (Å²) in [4.78, 5) is 35.9. The van der Waals surface area contributed by atoms with Crippen molar-refractivity contribution in [1.29, 1.82) is 0 Å². The Morgan fingerprint density at radius 3 is 2.83 bits per heavy atom. The van der Waals surface area contributed by atoms with Gasteiger partial charge in [0, 0.05) is 36.5 Å². The molecule has 2 saturated heterocycles. The summed E-state index contributed by atoms with van der Waals surface area (Å²) in [5.74, 6) is -0.143. The highest BCUT2D eigenvalue weighted by Gasteiger charge is 2.27. The maximum atomic E-state index is 11.9. The fraction of sp³-hybridized carbons (Fsp3) is 0.444. The van der Waals surface area contributed by atoms with Crippen LogP contribution in [0.5, 0.6) is 0 Å². The molecule has 0 aliphatic carbocycles. The van der Waals surface area contributed by atoms with E-state index in [2.05, 4.69) is 20.4 Å². The number of nitro benzene ring substituents is 1. The number of amidine groups is 1. The van der Waals surface area contributed by atoms with Gasteiger partial charge in [0.15, 0.2) is 5.17 Å². The van der Waals surface area contributed by atoms with E-state index in [1.54, 1.807) is 13.0 Å². The molecule has 11 heteroatoms. The Balaban J connectivity index is 1.77. The minimum absolute atomic E-state index is 0.0483. The topological polar surface area (TPSA) is 126 Å². The molecule has 0 saturated carbocycles. The SMILES string of the molecule is CCOC(=O)C1CCN(c2ccc([N+](=O)[O-])cc2C=NN=C2NC(=O)CS2)CC1. The molecule has 154 valence electrons. The lowest BCUT2D eigenvalue weighted by atomic mass is 9.96. The average molecular weight is 419 g/mol. The molecule has 0 unspecified atom stereocenters. The molecule has 2 heterocycles. The first-order valence-corrected chi connectivity index (χ1v) is 10.2. The molecule has 3 rings (SSSR count). The number of non-ortho nitro benzene ring substituents is 1. The van der Waals surface area contributed by atoms with Gasteiger partial charge in [-0.15, -0.1) is 5.10 Å². The van der Waals surface area contributed by atoms with E-state index in [1.165, 1.54) is 30.1 Å². The number of nitrogens with one attached hydrogen (secondary N) is 1. The summed E-state index contributed by atoms with van der Waals surface area (Å²) in [6.45, 7) is 3.41. The first-order chi connectivity index (χ1) is 14.0. The standard InChI is InChI=1S/C18H21N5O5S/c1-2-28-17(25)12-5-7-22(8-6-12)15-4-3-14(23(26)27)9-13(15)10-19-21-18-20-16(24)11-29-18/h3-4,9-10,12H,2,5-8,11H2,1H3,(H,20,21,24). The van der Waals surface area contributed by atoms with Gasteiger partial charge < -0.3 is 15.0 Å². The summed E-state index contributed by atoms with van der Waals surface area (Å²) in [6.07, 6.45) is 2.74. The molecule has 1 N–H and O–H groups in total. The Labute approximate surface area is 171 Å². The second kappa shape index (κ2) is 9.50. The number of benzene rings is 1. The number of esters is 1. The molecule has 1 aromatic carbocycles. The Morgan fingerprint density at radius 2 is 2.21 bits per heavy atom. The summed E-state index contributed by atoms with van der Waals surface area (Å²) >= 11 is 1.25. The van der Waals surface area contributed by atoms with Crippen molar-refractivity contribution in [2.24, 2.45) is 16.1 Å². The van der Waals surface area contributed by atoms with E-state index in [4.69, 9.17) is 4.74 Å². The van der Waals surface area contributed by atoms with E-state index in [0.29, 0.717) is 49.0 Å². The van der Waals surface area contributed by atoms with Crippen LogP contribution in [0, 0.1) is 16.0 Å². The van der Waals surface area contributed by atoms with Crippen molar-refractivity contribution in [1.82, 2.24) is 5.32 Å². The monoisotopic (exact) mass is 419 g/mol. The Bertz CT molecular complexity index is 864. The maximum absolute atomic E-state index is 11.9. The van der Waals surface area contributed by atoms with Gasteiger partial charge in [-0.25, -0.2) is 0 Å². The van der Waals surface area contributed by atoms with Crippen LogP contribution in [-0.2, 0) is 14.3 Å². The summed E-state index contributed by atoms with van der Waals surface area (Å²) in [7, 11) is 0. The molecule has 10 nitrogen and oxygen atoms in total. The fourth-order valence-electron chi connectivity index (χ4n) is 3.19. The van der Waals surface area contributed by atoms with Crippen molar-refractivity contribution in [2.75, 3.05) is 30.3 Å². The molecule has 1 amide bonds. The number of piperidine rings is 1. The highest BCUT2D eigenvalue weighted by molar-refractivity contribution is 8.15. The fourth-order valence-corrected chi connectivity index (χ4v) is 3.82. The van der Waals surface area contributed by atoms with Crippen LogP contribution in [0.15, 0.2) is 28.4 Å². The number of hydrogen-bond donors (Lipinski definition) is 1. The second-order valence-electron chi connectivity index (χ2n) is 6.50. The normalized spacial score (nSPS) is 19.0. The maximum Gasteiger partial charge on any atom is 0.309 e. The molecule has 2 fully saturated rings. The van der Waals surface area contributed by atoms with E-state index in [9.17, 15) is 19.7 Å². The van der Waals surface area contributed by atoms with Crippen LogP contribution in [0.4, 0.5) is 11.4 Å². The number of nitro groups is 1. The molecular weight excluding hydrogens is 398 g/mol. The minimum atomic E-state index is -0.465. The van der Waals surface area contributed by atoms with Gasteiger partial charge in [-0.3, -0.25) is 19.7 Å². The van der Waals surface area contributed by atoms with Crippen LogP contribution in [-0.4, -0.2) is 53.6 Å². The molecule has 0 atom stereocenters. The lowest BCUT2D eigenvalue weighted by molar-refractivity contribution is -0.384. The van der Waals surface area contributed by atoms with E-state index in [0.717, 1.165) is 5.69 Å². The van der Waals surface area contributed by atoms with Crippen molar-refractivity contribution in [3.05, 3.63) is 33.9 Å². The van der Waals surface area contributed by atoms with Gasteiger partial charge in [-0.1, -0.05) is 11.8 Å². The van der Waals surface area contributed by atoms with Crippen LogP contribution in [0.3, 0.4) is 0 Å². The third kappa shape index (κ3) is 5.31. The van der Waals surface area contributed by atoms with Crippen molar-refractivity contribution in [2.45, 2.75) is 19.8 Å². The number of nitrogens with zero attached hydrogens (tertiary/aromatic N) is 4. The van der Waals surface area contributed by atoms with Crippen LogP contribution in [0.1, 0.15) is 25.3 Å². The van der Waals surface area contributed by atoms with Crippen LogP contribution in [0.25, 0.3) is 0 Å². The van der Waals surface area contributed by atoms with Gasteiger partial charge in [0.25, 0.3) is 5.69 Å². The summed E-state index contributed by atoms with van der Waals surface area (Å²) < 4.78 is 5.10. The Hall–Kier alpha value is -2.95. The quantitative estimate of drug-likeness (QED) is 0.323. The van der Waals surface area contributed by atoms with E-state index in [1.807, 2.05) is 0 Å². The van der Waals surface area contributed by atoms with E-state index < -0.39 is 4.92 Å². The first kappa shape index (κ1) is 20.8. The Morgan fingerprint density at radius 1 is 1.45 bits per heavy atom. The number of rotatable bonds is 6. The molecule has 1 aromatic rings. The molecular formula is C18H21N5O5S. The van der Waals surface area contributed by atoms with Gasteiger partial charge in [0.05, 0.1) is 29.4 Å².